The Morgan fingerprint density at radius 2 is 1.76 bits per heavy atom. The minimum Gasteiger partial charge on any atom is -0.338 e. The fourth-order valence-corrected chi connectivity index (χ4v) is 5.06. The lowest BCUT2D eigenvalue weighted by Crippen LogP contribution is -2.45. The molecule has 172 valence electrons. The first-order valence-corrected chi connectivity index (χ1v) is 12.1. The van der Waals surface area contributed by atoms with Crippen LogP contribution >= 0.6 is 0 Å². The van der Waals surface area contributed by atoms with Crippen molar-refractivity contribution in [3.05, 3.63) is 71.8 Å². The van der Waals surface area contributed by atoms with E-state index in [1.54, 1.807) is 0 Å². The third-order valence-corrected chi connectivity index (χ3v) is 7.13. The van der Waals surface area contributed by atoms with Crippen LogP contribution in [0.3, 0.4) is 0 Å². The number of likely N-dealkylation sites (tertiary alicyclic amines) is 1. The fraction of sp³-hybridized carbons (Fsp3) is 0.444. The maximum absolute atomic E-state index is 5.23. The second-order valence-corrected chi connectivity index (χ2v) is 9.50. The van der Waals surface area contributed by atoms with E-state index in [1.165, 1.54) is 29.7 Å². The van der Waals surface area contributed by atoms with Crippen molar-refractivity contribution in [3.8, 4) is 11.1 Å². The van der Waals surface area contributed by atoms with Crippen molar-refractivity contribution in [1.29, 1.82) is 0 Å². The number of benzene rings is 1. The third-order valence-electron chi connectivity index (χ3n) is 7.13. The minimum atomic E-state index is 0.403. The third kappa shape index (κ3) is 5.07. The molecule has 2 aliphatic rings. The van der Waals surface area contributed by atoms with Gasteiger partial charge in [0.2, 0.25) is 5.95 Å². The molecule has 4 heterocycles. The lowest BCUT2D eigenvalue weighted by Gasteiger charge is -2.35. The summed E-state index contributed by atoms with van der Waals surface area (Å²) in [6.45, 7) is 9.47. The van der Waals surface area contributed by atoms with Gasteiger partial charge in [-0.05, 0) is 62.2 Å². The van der Waals surface area contributed by atoms with Gasteiger partial charge in [0.15, 0.2) is 0 Å². The molecule has 5 rings (SSSR count). The maximum Gasteiger partial charge on any atom is 0.225 e. The molecule has 0 N–H and O–H groups in total. The van der Waals surface area contributed by atoms with E-state index in [0.717, 1.165) is 62.9 Å². The van der Waals surface area contributed by atoms with Gasteiger partial charge in [0.25, 0.3) is 0 Å². The van der Waals surface area contributed by atoms with Crippen molar-refractivity contribution in [2.45, 2.75) is 32.2 Å². The Morgan fingerprint density at radius 3 is 2.55 bits per heavy atom. The summed E-state index contributed by atoms with van der Waals surface area (Å²) in [6, 6.07) is 12.9. The van der Waals surface area contributed by atoms with Gasteiger partial charge in [-0.1, -0.05) is 24.3 Å². The Bertz CT molecular complexity index is 1060. The molecule has 2 aromatic heterocycles. The molecule has 6 nitrogen and oxygen atoms in total. The molecule has 0 unspecified atom stereocenters. The highest BCUT2D eigenvalue weighted by molar-refractivity contribution is 5.66. The zero-order chi connectivity index (χ0) is 22.6. The van der Waals surface area contributed by atoms with Gasteiger partial charge in [-0.2, -0.15) is 0 Å². The number of nitrogens with zero attached hydrogens (tertiary/aromatic N) is 6. The Labute approximate surface area is 197 Å². The van der Waals surface area contributed by atoms with Crippen molar-refractivity contribution in [1.82, 2.24) is 24.8 Å². The highest BCUT2D eigenvalue weighted by Gasteiger charge is 2.27. The van der Waals surface area contributed by atoms with Gasteiger partial charge in [0.05, 0.1) is 5.69 Å². The monoisotopic (exact) mass is 442 g/mol. The van der Waals surface area contributed by atoms with Crippen LogP contribution in [-0.4, -0.2) is 71.1 Å². The Balaban J connectivity index is 1.44. The van der Waals surface area contributed by atoms with Crippen molar-refractivity contribution in [3.63, 3.8) is 0 Å². The van der Waals surface area contributed by atoms with Gasteiger partial charge in [-0.25, -0.2) is 9.97 Å². The summed E-state index contributed by atoms with van der Waals surface area (Å²) < 4.78 is 0. The number of rotatable bonds is 5. The van der Waals surface area contributed by atoms with Crippen LogP contribution in [0.4, 0.5) is 5.95 Å². The molecule has 2 fully saturated rings. The molecule has 0 amide bonds. The van der Waals surface area contributed by atoms with Crippen LogP contribution in [0.2, 0.25) is 0 Å². The Kier molecular flexibility index (Phi) is 6.65. The number of piperidine rings is 1. The van der Waals surface area contributed by atoms with Gasteiger partial charge in [-0.3, -0.25) is 9.88 Å². The first kappa shape index (κ1) is 22.0. The molecular weight excluding hydrogens is 408 g/mol. The number of anilines is 1. The lowest BCUT2D eigenvalue weighted by atomic mass is 9.90. The number of hydrogen-bond donors (Lipinski definition) is 0. The number of likely N-dealkylation sites (N-methyl/N-ethyl adjacent to an activating group) is 1. The molecule has 3 aromatic rings. The van der Waals surface area contributed by atoms with E-state index in [-0.39, 0.29) is 0 Å². The molecule has 33 heavy (non-hydrogen) atoms. The standard InChI is InChI=1S/C27H34N6/c1-21-6-3-4-7-23(21)19-32-13-5-8-24(20-32)26-25(22-9-11-28-12-10-22)18-29-27(30-26)33-16-14-31(2)15-17-33/h3-4,6-7,9-12,18,24H,5,8,13-17,19-20H2,1-2H3/t24-/m0/s1. The molecule has 2 aliphatic heterocycles. The normalized spacial score (nSPS) is 20.2. The molecule has 0 saturated carbocycles. The largest absolute Gasteiger partial charge is 0.338 e. The van der Waals surface area contributed by atoms with Gasteiger partial charge < -0.3 is 9.80 Å². The number of aryl methyl sites for hydroxylation is 1. The molecule has 0 radical (unpaired) electrons. The molecule has 2 saturated heterocycles. The molecule has 0 spiro atoms. The number of piperazine rings is 1. The smallest absolute Gasteiger partial charge is 0.225 e. The minimum absolute atomic E-state index is 0.403. The summed E-state index contributed by atoms with van der Waals surface area (Å²) in [7, 11) is 2.18. The molecule has 1 atom stereocenters. The zero-order valence-electron chi connectivity index (χ0n) is 19.8. The van der Waals surface area contributed by atoms with Crippen LogP contribution in [0, 0.1) is 6.92 Å². The van der Waals surface area contributed by atoms with E-state index in [0.29, 0.717) is 5.92 Å². The average Bonchev–Trinajstić information content (AvgIpc) is 2.86. The van der Waals surface area contributed by atoms with Gasteiger partial charge in [-0.15, -0.1) is 0 Å². The molecule has 0 aliphatic carbocycles. The Morgan fingerprint density at radius 1 is 0.970 bits per heavy atom. The van der Waals surface area contributed by atoms with Gasteiger partial charge >= 0.3 is 0 Å². The average molecular weight is 443 g/mol. The first-order valence-electron chi connectivity index (χ1n) is 12.1. The lowest BCUT2D eigenvalue weighted by molar-refractivity contribution is 0.198. The second-order valence-electron chi connectivity index (χ2n) is 9.50. The van der Waals surface area contributed by atoms with Crippen molar-refractivity contribution < 1.29 is 0 Å². The van der Waals surface area contributed by atoms with E-state index in [2.05, 4.69) is 70.1 Å². The molecular formula is C27H34N6. The van der Waals surface area contributed by atoms with Crippen LogP contribution in [-0.2, 0) is 6.54 Å². The van der Waals surface area contributed by atoms with Crippen LogP contribution in [0.25, 0.3) is 11.1 Å². The van der Waals surface area contributed by atoms with E-state index < -0.39 is 0 Å². The predicted molar refractivity (Wildman–Crippen MR) is 133 cm³/mol. The van der Waals surface area contributed by atoms with Crippen LogP contribution in [0.5, 0.6) is 0 Å². The summed E-state index contributed by atoms with van der Waals surface area (Å²) >= 11 is 0. The second kappa shape index (κ2) is 9.98. The van der Waals surface area contributed by atoms with Crippen molar-refractivity contribution in [2.75, 3.05) is 51.2 Å². The van der Waals surface area contributed by atoms with Gasteiger partial charge in [0.1, 0.15) is 0 Å². The van der Waals surface area contributed by atoms with E-state index in [1.807, 2.05) is 18.6 Å². The number of pyridine rings is 1. The summed E-state index contributed by atoms with van der Waals surface area (Å²) in [6.07, 6.45) is 8.13. The van der Waals surface area contributed by atoms with Crippen molar-refractivity contribution >= 4 is 5.95 Å². The summed E-state index contributed by atoms with van der Waals surface area (Å²) in [5.74, 6) is 1.28. The van der Waals surface area contributed by atoms with E-state index >= 15 is 0 Å². The number of aromatic nitrogens is 3. The first-order chi connectivity index (χ1) is 16.2. The summed E-state index contributed by atoms with van der Waals surface area (Å²) in [5, 5.41) is 0. The summed E-state index contributed by atoms with van der Waals surface area (Å²) in [4.78, 5) is 21.6. The highest BCUT2D eigenvalue weighted by Crippen LogP contribution is 2.34. The van der Waals surface area contributed by atoms with Crippen LogP contribution in [0.1, 0.15) is 35.6 Å². The molecule has 1 aromatic carbocycles. The molecule has 0 bridgehead atoms. The van der Waals surface area contributed by atoms with Crippen molar-refractivity contribution in [2.24, 2.45) is 0 Å². The zero-order valence-corrected chi connectivity index (χ0v) is 19.8. The van der Waals surface area contributed by atoms with Gasteiger partial charge in [0, 0.05) is 69.3 Å². The van der Waals surface area contributed by atoms with E-state index in [4.69, 9.17) is 9.97 Å². The quantitative estimate of drug-likeness (QED) is 0.596. The Hall–Kier alpha value is -2.83. The predicted octanol–water partition coefficient (Wildman–Crippen LogP) is 3.98. The van der Waals surface area contributed by atoms with Crippen LogP contribution < -0.4 is 4.90 Å². The van der Waals surface area contributed by atoms with Crippen LogP contribution in [0.15, 0.2) is 55.0 Å². The SMILES string of the molecule is Cc1ccccc1CN1CCC[C@H](c2nc(N3CCN(C)CC3)ncc2-c2ccncc2)C1. The number of hydrogen-bond acceptors (Lipinski definition) is 6. The highest BCUT2D eigenvalue weighted by atomic mass is 15.3. The maximum atomic E-state index is 5.23. The topological polar surface area (TPSA) is 48.4 Å². The van der Waals surface area contributed by atoms with E-state index in [9.17, 15) is 0 Å². The summed E-state index contributed by atoms with van der Waals surface area (Å²) in [5.41, 5.74) is 6.29. The molecule has 6 heteroatoms. The fourth-order valence-electron chi connectivity index (χ4n) is 5.06.